The highest BCUT2D eigenvalue weighted by molar-refractivity contribution is 9.10. The summed E-state index contributed by atoms with van der Waals surface area (Å²) in [7, 11) is 0. The van der Waals surface area contributed by atoms with Crippen molar-refractivity contribution >= 4 is 33.0 Å². The molecule has 1 unspecified atom stereocenters. The normalized spacial score (nSPS) is 18.3. The van der Waals surface area contributed by atoms with Crippen LogP contribution in [0.1, 0.15) is 18.0 Å². The van der Waals surface area contributed by atoms with E-state index in [1.807, 2.05) is 12.1 Å². The van der Waals surface area contributed by atoms with Crippen molar-refractivity contribution in [3.8, 4) is 5.75 Å². The minimum atomic E-state index is 0.339. The second-order valence-corrected chi connectivity index (χ2v) is 5.72. The molecular weight excluding hydrogens is 298 g/mol. The minimum absolute atomic E-state index is 0.339. The molecule has 1 aliphatic heterocycles. The maximum atomic E-state index is 5.67. The van der Waals surface area contributed by atoms with Crippen molar-refractivity contribution in [2.24, 2.45) is 0 Å². The van der Waals surface area contributed by atoms with Crippen LogP contribution in [0, 0.1) is 0 Å². The van der Waals surface area contributed by atoms with E-state index in [2.05, 4.69) is 44.1 Å². The Morgan fingerprint density at radius 3 is 3.12 bits per heavy atom. The van der Waals surface area contributed by atoms with Gasteiger partial charge in [-0.05, 0) is 29.6 Å². The second kappa shape index (κ2) is 4.70. The molecule has 0 bridgehead atoms. The minimum Gasteiger partial charge on any atom is -0.493 e. The van der Waals surface area contributed by atoms with Gasteiger partial charge in [0.2, 0.25) is 0 Å². The summed E-state index contributed by atoms with van der Waals surface area (Å²) in [5, 5.41) is 7.77. The van der Waals surface area contributed by atoms with E-state index in [0.29, 0.717) is 6.04 Å². The fourth-order valence-electron chi connectivity index (χ4n) is 2.06. The topological polar surface area (TPSA) is 21.3 Å². The molecule has 1 aliphatic rings. The highest BCUT2D eigenvalue weighted by Crippen LogP contribution is 2.36. The number of nitrogens with one attached hydrogen (secondary N) is 1. The van der Waals surface area contributed by atoms with Crippen LogP contribution < -0.4 is 10.1 Å². The molecule has 0 radical (unpaired) electrons. The quantitative estimate of drug-likeness (QED) is 0.885. The Morgan fingerprint density at radius 2 is 2.29 bits per heavy atom. The van der Waals surface area contributed by atoms with Crippen LogP contribution in [0.2, 0.25) is 0 Å². The van der Waals surface area contributed by atoms with Crippen molar-refractivity contribution < 1.29 is 4.74 Å². The lowest BCUT2D eigenvalue weighted by Crippen LogP contribution is -2.20. The summed E-state index contributed by atoms with van der Waals surface area (Å²) in [6.07, 6.45) is 0.999. The van der Waals surface area contributed by atoms with Crippen molar-refractivity contribution in [3.05, 3.63) is 45.1 Å². The van der Waals surface area contributed by atoms with E-state index >= 15 is 0 Å². The van der Waals surface area contributed by atoms with Gasteiger partial charge in [0.1, 0.15) is 5.75 Å². The standard InChI is InChI=1S/C13H12BrNOS/c14-9-1-2-13-11(7-9)12(3-5-16-13)15-10-4-6-17-8-10/h1-2,4,6-8,12,15H,3,5H2. The van der Waals surface area contributed by atoms with Gasteiger partial charge in [-0.1, -0.05) is 15.9 Å². The van der Waals surface area contributed by atoms with Crippen LogP contribution in [0.15, 0.2) is 39.5 Å². The van der Waals surface area contributed by atoms with E-state index in [1.165, 1.54) is 11.3 Å². The summed E-state index contributed by atoms with van der Waals surface area (Å²) in [6.45, 7) is 0.774. The van der Waals surface area contributed by atoms with Crippen LogP contribution >= 0.6 is 27.3 Å². The molecule has 0 fully saturated rings. The monoisotopic (exact) mass is 309 g/mol. The lowest BCUT2D eigenvalue weighted by atomic mass is 10.0. The summed E-state index contributed by atoms with van der Waals surface area (Å²) >= 11 is 5.22. The van der Waals surface area contributed by atoms with Crippen molar-refractivity contribution in [3.63, 3.8) is 0 Å². The lowest BCUT2D eigenvalue weighted by Gasteiger charge is -2.27. The van der Waals surface area contributed by atoms with E-state index in [9.17, 15) is 0 Å². The van der Waals surface area contributed by atoms with Gasteiger partial charge in [0, 0.05) is 27.5 Å². The maximum absolute atomic E-state index is 5.67. The van der Waals surface area contributed by atoms with Gasteiger partial charge >= 0.3 is 0 Å². The molecule has 0 saturated heterocycles. The van der Waals surface area contributed by atoms with Gasteiger partial charge in [-0.25, -0.2) is 0 Å². The van der Waals surface area contributed by atoms with Crippen molar-refractivity contribution in [2.45, 2.75) is 12.5 Å². The number of thiophene rings is 1. The Bertz CT molecular complexity index is 512. The van der Waals surface area contributed by atoms with E-state index in [0.717, 1.165) is 23.2 Å². The molecule has 88 valence electrons. The zero-order valence-corrected chi connectivity index (χ0v) is 11.6. The molecule has 4 heteroatoms. The first-order valence-electron chi connectivity index (χ1n) is 5.54. The van der Waals surface area contributed by atoms with E-state index in [-0.39, 0.29) is 0 Å². The fourth-order valence-corrected chi connectivity index (χ4v) is 3.04. The molecule has 1 aromatic carbocycles. The molecule has 0 saturated carbocycles. The summed E-state index contributed by atoms with van der Waals surface area (Å²) in [4.78, 5) is 0. The van der Waals surface area contributed by atoms with Crippen LogP contribution in [-0.2, 0) is 0 Å². The number of benzene rings is 1. The second-order valence-electron chi connectivity index (χ2n) is 4.03. The third-order valence-electron chi connectivity index (χ3n) is 2.87. The number of fused-ring (bicyclic) bond motifs is 1. The zero-order chi connectivity index (χ0) is 11.7. The van der Waals surface area contributed by atoms with Gasteiger partial charge in [-0.2, -0.15) is 11.3 Å². The van der Waals surface area contributed by atoms with Crippen molar-refractivity contribution in [2.75, 3.05) is 11.9 Å². The molecule has 3 rings (SSSR count). The Labute approximate surface area is 113 Å². The maximum Gasteiger partial charge on any atom is 0.124 e. The van der Waals surface area contributed by atoms with Gasteiger partial charge in [0.05, 0.1) is 12.6 Å². The Balaban J connectivity index is 1.90. The van der Waals surface area contributed by atoms with E-state index < -0.39 is 0 Å². The number of rotatable bonds is 2. The first-order chi connectivity index (χ1) is 8.33. The third-order valence-corrected chi connectivity index (χ3v) is 4.05. The molecule has 1 aromatic heterocycles. The fraction of sp³-hybridized carbons (Fsp3) is 0.231. The van der Waals surface area contributed by atoms with Crippen LogP contribution in [0.25, 0.3) is 0 Å². The first kappa shape index (κ1) is 11.1. The lowest BCUT2D eigenvalue weighted by molar-refractivity contribution is 0.274. The predicted octanol–water partition coefficient (Wildman–Crippen LogP) is 4.45. The SMILES string of the molecule is Brc1ccc2c(c1)C(Nc1ccsc1)CCO2. The summed E-state index contributed by atoms with van der Waals surface area (Å²) in [6, 6.07) is 8.63. The van der Waals surface area contributed by atoms with Gasteiger partial charge in [0.25, 0.3) is 0 Å². The molecular formula is C13H12BrNOS. The summed E-state index contributed by atoms with van der Waals surface area (Å²) < 4.78 is 6.77. The Hall–Kier alpha value is -1.00. The molecule has 2 heterocycles. The summed E-state index contributed by atoms with van der Waals surface area (Å²) in [5.74, 6) is 0.993. The average molecular weight is 310 g/mol. The first-order valence-corrected chi connectivity index (χ1v) is 7.27. The number of hydrogen-bond acceptors (Lipinski definition) is 3. The molecule has 0 amide bonds. The van der Waals surface area contributed by atoms with Crippen molar-refractivity contribution in [1.29, 1.82) is 0 Å². The molecule has 17 heavy (non-hydrogen) atoms. The predicted molar refractivity (Wildman–Crippen MR) is 74.9 cm³/mol. The smallest absolute Gasteiger partial charge is 0.124 e. The number of halogens is 1. The number of anilines is 1. The van der Waals surface area contributed by atoms with E-state index in [4.69, 9.17) is 4.74 Å². The molecule has 0 aliphatic carbocycles. The van der Waals surface area contributed by atoms with Crippen LogP contribution in [-0.4, -0.2) is 6.61 Å². The largest absolute Gasteiger partial charge is 0.493 e. The molecule has 1 N–H and O–H groups in total. The van der Waals surface area contributed by atoms with Crippen LogP contribution in [0.4, 0.5) is 5.69 Å². The molecule has 2 aromatic rings. The number of hydrogen-bond donors (Lipinski definition) is 1. The van der Waals surface area contributed by atoms with Crippen LogP contribution in [0.5, 0.6) is 5.75 Å². The Kier molecular flexibility index (Phi) is 3.07. The molecule has 0 spiro atoms. The van der Waals surface area contributed by atoms with Gasteiger partial charge in [0.15, 0.2) is 0 Å². The highest BCUT2D eigenvalue weighted by Gasteiger charge is 2.21. The van der Waals surface area contributed by atoms with Crippen LogP contribution in [0.3, 0.4) is 0 Å². The van der Waals surface area contributed by atoms with Gasteiger partial charge < -0.3 is 10.1 Å². The van der Waals surface area contributed by atoms with E-state index in [1.54, 1.807) is 11.3 Å². The van der Waals surface area contributed by atoms with Gasteiger partial charge in [-0.15, -0.1) is 0 Å². The molecule has 2 nitrogen and oxygen atoms in total. The third kappa shape index (κ3) is 2.33. The molecule has 1 atom stereocenters. The summed E-state index contributed by atoms with van der Waals surface area (Å²) in [5.41, 5.74) is 2.42. The van der Waals surface area contributed by atoms with Gasteiger partial charge in [-0.3, -0.25) is 0 Å². The number of ether oxygens (including phenoxy) is 1. The van der Waals surface area contributed by atoms with Crippen molar-refractivity contribution in [1.82, 2.24) is 0 Å². The Morgan fingerprint density at radius 1 is 1.35 bits per heavy atom. The average Bonchev–Trinajstić information content (AvgIpc) is 2.83. The highest BCUT2D eigenvalue weighted by atomic mass is 79.9. The zero-order valence-electron chi connectivity index (χ0n) is 9.15.